The maximum Gasteiger partial charge on any atom is 0.131 e. The molecule has 0 saturated carbocycles. The van der Waals surface area contributed by atoms with Crippen molar-refractivity contribution in [2.75, 3.05) is 13.1 Å². The van der Waals surface area contributed by atoms with Gasteiger partial charge < -0.3 is 26.6 Å². The Morgan fingerprint density at radius 3 is 2.67 bits per heavy atom. The predicted molar refractivity (Wildman–Crippen MR) is 117 cm³/mol. The minimum absolute atomic E-state index is 0. The van der Waals surface area contributed by atoms with Gasteiger partial charge >= 0.3 is 0 Å². The first-order chi connectivity index (χ1) is 14.2. The van der Waals surface area contributed by atoms with E-state index in [0.29, 0.717) is 11.8 Å². The van der Waals surface area contributed by atoms with Crippen LogP contribution in [0.3, 0.4) is 0 Å². The third-order valence-corrected chi connectivity index (χ3v) is 7.38. The molecule has 3 nitrogen and oxygen atoms in total. The van der Waals surface area contributed by atoms with Gasteiger partial charge in [-0.15, -0.1) is 6.58 Å². The summed E-state index contributed by atoms with van der Waals surface area (Å²) >= 11 is 0. The summed E-state index contributed by atoms with van der Waals surface area (Å²) in [7, 11) is 0. The molecule has 1 aromatic heterocycles. The molecular weight excluding hydrogens is 436 g/mol. The van der Waals surface area contributed by atoms with Gasteiger partial charge in [0.15, 0.2) is 0 Å². The van der Waals surface area contributed by atoms with Gasteiger partial charge in [0, 0.05) is 35.9 Å². The van der Waals surface area contributed by atoms with Crippen LogP contribution in [-0.2, 0) is 6.54 Å². The van der Waals surface area contributed by atoms with Crippen LogP contribution in [0.25, 0.3) is 10.9 Å². The molecule has 30 heavy (non-hydrogen) atoms. The van der Waals surface area contributed by atoms with E-state index < -0.39 is 6.10 Å². The van der Waals surface area contributed by atoms with Crippen molar-refractivity contribution in [1.82, 2.24) is 4.98 Å². The van der Waals surface area contributed by atoms with E-state index in [0.717, 1.165) is 47.0 Å². The van der Waals surface area contributed by atoms with Crippen molar-refractivity contribution >= 4 is 10.9 Å². The van der Waals surface area contributed by atoms with Gasteiger partial charge in [0.05, 0.1) is 18.6 Å². The maximum atomic E-state index is 11.7. The molecule has 3 aliphatic rings. The predicted octanol–water partition coefficient (Wildman–Crippen LogP) is 1.88. The molecule has 3 aliphatic heterocycles. The van der Waals surface area contributed by atoms with Crippen molar-refractivity contribution < 1.29 is 26.6 Å². The van der Waals surface area contributed by atoms with Crippen molar-refractivity contribution in [2.45, 2.75) is 31.5 Å². The molecule has 6 rings (SSSR count). The van der Waals surface area contributed by atoms with Crippen LogP contribution in [0, 0.1) is 11.8 Å². The highest BCUT2D eigenvalue weighted by Crippen LogP contribution is 2.47. The van der Waals surface area contributed by atoms with Gasteiger partial charge in [-0.3, -0.25) is 4.98 Å². The molecule has 5 atom stereocenters. The second-order valence-corrected chi connectivity index (χ2v) is 8.88. The number of benzene rings is 2. The average Bonchev–Trinajstić information content (AvgIpc) is 2.78. The summed E-state index contributed by atoms with van der Waals surface area (Å²) in [5.41, 5.74) is 3.33. The number of aromatic nitrogens is 1. The lowest BCUT2D eigenvalue weighted by molar-refractivity contribution is -0.984. The smallest absolute Gasteiger partial charge is 0.131 e. The zero-order chi connectivity index (χ0) is 19.8. The lowest BCUT2D eigenvalue weighted by Crippen LogP contribution is -3.00. The zero-order valence-electron chi connectivity index (χ0n) is 17.2. The molecule has 2 aromatic carbocycles. The number of para-hydroxylation sites is 1. The summed E-state index contributed by atoms with van der Waals surface area (Å²) in [6, 6.07) is 21.2. The first kappa shape index (κ1) is 21.2. The topological polar surface area (TPSA) is 33.1 Å². The summed E-state index contributed by atoms with van der Waals surface area (Å²) < 4.78 is 0.953. The molecule has 4 heterocycles. The summed E-state index contributed by atoms with van der Waals surface area (Å²) in [5.74, 6) is 1.18. The molecule has 1 unspecified atom stereocenters. The number of pyridine rings is 1. The van der Waals surface area contributed by atoms with Crippen molar-refractivity contribution in [1.29, 1.82) is 0 Å². The number of quaternary nitrogens is 1. The minimum atomic E-state index is -0.486. The number of piperidine rings is 3. The van der Waals surface area contributed by atoms with E-state index in [4.69, 9.17) is 0 Å². The standard InChI is InChI=1S/C26H29N2O.BrH/c1-2-20-18-28(17-19-8-4-3-5-9-19)15-13-21(20)16-25(28)26(29)23-12-14-27-24-11-7-6-10-22(23)24;/h2-12,14,20-21,25-26,29H,1,13,15-18H2;1H/q+1;/p-1/t20-,21-,25-,26+,28?;/m0./s1. The molecule has 0 radical (unpaired) electrons. The van der Waals surface area contributed by atoms with E-state index in [2.05, 4.69) is 54.0 Å². The quantitative estimate of drug-likeness (QED) is 0.461. The summed E-state index contributed by atoms with van der Waals surface area (Å²) in [4.78, 5) is 4.50. The highest BCUT2D eigenvalue weighted by Gasteiger charge is 2.53. The van der Waals surface area contributed by atoms with Gasteiger partial charge in [0.25, 0.3) is 0 Å². The Hall–Kier alpha value is -2.01. The molecule has 1 N–H and O–H groups in total. The second-order valence-electron chi connectivity index (χ2n) is 8.88. The second kappa shape index (κ2) is 8.62. The Morgan fingerprint density at radius 2 is 1.87 bits per heavy atom. The average molecular weight is 465 g/mol. The molecule has 4 heteroatoms. The van der Waals surface area contributed by atoms with Crippen molar-refractivity contribution in [3.05, 3.63) is 90.6 Å². The van der Waals surface area contributed by atoms with E-state index in [1.165, 1.54) is 12.0 Å². The van der Waals surface area contributed by atoms with Crippen LogP contribution in [0.15, 0.2) is 79.5 Å². The molecule has 3 saturated heterocycles. The number of nitrogens with zero attached hydrogens (tertiary/aromatic N) is 2. The lowest BCUT2D eigenvalue weighted by Gasteiger charge is -2.58. The van der Waals surface area contributed by atoms with Gasteiger partial charge in [-0.05, 0) is 23.6 Å². The van der Waals surface area contributed by atoms with Crippen LogP contribution in [0.4, 0.5) is 0 Å². The SMILES string of the molecule is C=C[C@H]1C[N+]2(Cc3ccccc3)CC[C@H]1C[C@H]2[C@H](O)c1ccnc2ccccc12.[Br-]. The Morgan fingerprint density at radius 1 is 1.10 bits per heavy atom. The Bertz CT molecular complexity index is 1020. The number of fused-ring (bicyclic) bond motifs is 4. The molecule has 0 spiro atoms. The summed E-state index contributed by atoms with van der Waals surface area (Å²) in [6.07, 6.45) is 5.79. The Balaban J connectivity index is 0.00000218. The number of rotatable bonds is 5. The van der Waals surface area contributed by atoms with E-state index in [9.17, 15) is 5.11 Å². The van der Waals surface area contributed by atoms with Gasteiger partial charge in [0.1, 0.15) is 18.7 Å². The normalized spacial score (nSPS) is 28.6. The molecule has 0 amide bonds. The first-order valence-corrected chi connectivity index (χ1v) is 10.7. The van der Waals surface area contributed by atoms with E-state index in [1.807, 2.05) is 30.5 Å². The fourth-order valence-electron chi connectivity index (χ4n) is 5.91. The van der Waals surface area contributed by atoms with Crippen LogP contribution in [-0.4, -0.2) is 33.7 Å². The number of aliphatic hydroxyl groups is 1. The van der Waals surface area contributed by atoms with Gasteiger partial charge in [-0.25, -0.2) is 0 Å². The van der Waals surface area contributed by atoms with Gasteiger partial charge in [-0.2, -0.15) is 0 Å². The highest BCUT2D eigenvalue weighted by molar-refractivity contribution is 5.82. The molecular formula is C26H29BrN2O. The zero-order valence-corrected chi connectivity index (χ0v) is 18.8. The van der Waals surface area contributed by atoms with Gasteiger partial charge in [-0.1, -0.05) is 54.6 Å². The Labute approximate surface area is 189 Å². The fourth-order valence-corrected chi connectivity index (χ4v) is 5.91. The molecule has 2 bridgehead atoms. The Kier molecular flexibility index (Phi) is 6.10. The monoisotopic (exact) mass is 464 g/mol. The molecule has 0 aliphatic carbocycles. The van der Waals surface area contributed by atoms with Crippen LogP contribution < -0.4 is 17.0 Å². The number of aliphatic hydroxyl groups excluding tert-OH is 1. The summed E-state index contributed by atoms with van der Waals surface area (Å²) in [5, 5.41) is 12.8. The maximum absolute atomic E-state index is 11.7. The van der Waals surface area contributed by atoms with E-state index in [-0.39, 0.29) is 23.0 Å². The van der Waals surface area contributed by atoms with Crippen LogP contribution in [0.1, 0.15) is 30.1 Å². The highest BCUT2D eigenvalue weighted by atomic mass is 79.9. The number of halogens is 1. The molecule has 3 fully saturated rings. The number of hydrogen-bond donors (Lipinski definition) is 1. The lowest BCUT2D eigenvalue weighted by atomic mass is 9.71. The van der Waals surface area contributed by atoms with Crippen LogP contribution in [0.5, 0.6) is 0 Å². The minimum Gasteiger partial charge on any atom is -1.00 e. The molecule has 3 aromatic rings. The van der Waals surface area contributed by atoms with Gasteiger partial charge in [0.2, 0.25) is 0 Å². The van der Waals surface area contributed by atoms with Crippen molar-refractivity contribution in [3.8, 4) is 0 Å². The fraction of sp³-hybridized carbons (Fsp3) is 0.346. The summed E-state index contributed by atoms with van der Waals surface area (Å²) in [6.45, 7) is 7.32. The molecule has 156 valence electrons. The largest absolute Gasteiger partial charge is 1.00 e. The first-order valence-electron chi connectivity index (χ1n) is 10.7. The van der Waals surface area contributed by atoms with E-state index >= 15 is 0 Å². The van der Waals surface area contributed by atoms with Crippen molar-refractivity contribution in [2.24, 2.45) is 11.8 Å². The third-order valence-electron chi connectivity index (χ3n) is 7.38. The van der Waals surface area contributed by atoms with Crippen molar-refractivity contribution in [3.63, 3.8) is 0 Å². The van der Waals surface area contributed by atoms with E-state index in [1.54, 1.807) is 0 Å². The van der Waals surface area contributed by atoms with Crippen LogP contribution >= 0.6 is 0 Å². The third kappa shape index (κ3) is 3.62. The van der Waals surface area contributed by atoms with Crippen LogP contribution in [0.2, 0.25) is 0 Å². The number of hydrogen-bond acceptors (Lipinski definition) is 2.